The fourth-order valence-electron chi connectivity index (χ4n) is 2.74. The molecule has 1 fully saturated rings. The molecule has 0 aliphatic heterocycles. The van der Waals surface area contributed by atoms with Gasteiger partial charge in [-0.25, -0.2) is 0 Å². The van der Waals surface area contributed by atoms with E-state index in [1.54, 1.807) is 14.0 Å². The van der Waals surface area contributed by atoms with Crippen molar-refractivity contribution in [2.24, 2.45) is 11.7 Å². The predicted molar refractivity (Wildman–Crippen MR) is 81.7 cm³/mol. The van der Waals surface area contributed by atoms with Crippen molar-refractivity contribution in [3.05, 3.63) is 0 Å². The van der Waals surface area contributed by atoms with Gasteiger partial charge in [0.05, 0.1) is 6.61 Å². The van der Waals surface area contributed by atoms with Gasteiger partial charge in [0.25, 0.3) is 0 Å². The first-order valence-corrected chi connectivity index (χ1v) is 7.84. The van der Waals surface area contributed by atoms with Crippen molar-refractivity contribution < 1.29 is 14.3 Å². The Hall–Kier alpha value is -1.14. The average molecular weight is 299 g/mol. The molecular formula is C15H29N3O3. The second-order valence-corrected chi connectivity index (χ2v) is 5.90. The molecule has 1 rings (SSSR count). The van der Waals surface area contributed by atoms with Crippen LogP contribution in [0.15, 0.2) is 0 Å². The van der Waals surface area contributed by atoms with E-state index in [2.05, 4.69) is 10.6 Å². The van der Waals surface area contributed by atoms with Gasteiger partial charge in [0, 0.05) is 26.1 Å². The maximum atomic E-state index is 11.9. The number of ether oxygens (including phenoxy) is 1. The number of hydrogen-bond acceptors (Lipinski definition) is 4. The monoisotopic (exact) mass is 299 g/mol. The Labute approximate surface area is 127 Å². The number of nitrogens with one attached hydrogen (secondary N) is 2. The van der Waals surface area contributed by atoms with Crippen LogP contribution in [0.2, 0.25) is 0 Å². The Morgan fingerprint density at radius 2 is 2.14 bits per heavy atom. The number of carbonyl (C=O) groups excluding carboxylic acids is 2. The molecule has 6 heteroatoms. The third-order valence-electron chi connectivity index (χ3n) is 3.98. The summed E-state index contributed by atoms with van der Waals surface area (Å²) in [6.45, 7) is 2.61. The summed E-state index contributed by atoms with van der Waals surface area (Å²) in [6, 6.07) is -0.222. The molecule has 0 bridgehead atoms. The number of amides is 2. The van der Waals surface area contributed by atoms with Crippen LogP contribution in [-0.2, 0) is 14.3 Å². The van der Waals surface area contributed by atoms with Gasteiger partial charge in [-0.2, -0.15) is 0 Å². The minimum Gasteiger partial charge on any atom is -0.383 e. The number of hydrogen-bond donors (Lipinski definition) is 3. The minimum absolute atomic E-state index is 0.0662. The lowest BCUT2D eigenvalue weighted by atomic mass is 9.83. The molecule has 0 spiro atoms. The van der Waals surface area contributed by atoms with Crippen molar-refractivity contribution in [3.8, 4) is 0 Å². The van der Waals surface area contributed by atoms with E-state index in [1.165, 1.54) is 0 Å². The third kappa shape index (κ3) is 7.43. The van der Waals surface area contributed by atoms with Gasteiger partial charge in [0.1, 0.15) is 6.04 Å². The van der Waals surface area contributed by atoms with Crippen LogP contribution in [0.5, 0.6) is 0 Å². The standard InChI is InChI=1S/C15H29N3O3/c1-11(15(20)17-8-9-21-2)18-14(19)7-6-12-4-3-5-13(16)10-12/h11-13H,3-10,16H2,1-2H3,(H,17,20)(H,18,19). The fourth-order valence-corrected chi connectivity index (χ4v) is 2.74. The second kappa shape index (κ2) is 9.73. The van der Waals surface area contributed by atoms with E-state index in [4.69, 9.17) is 10.5 Å². The zero-order valence-electron chi connectivity index (χ0n) is 13.2. The van der Waals surface area contributed by atoms with Crippen molar-refractivity contribution in [2.75, 3.05) is 20.3 Å². The van der Waals surface area contributed by atoms with Crippen LogP contribution >= 0.6 is 0 Å². The van der Waals surface area contributed by atoms with Gasteiger partial charge in [-0.05, 0) is 32.1 Å². The lowest BCUT2D eigenvalue weighted by Crippen LogP contribution is -2.45. The Morgan fingerprint density at radius 1 is 1.38 bits per heavy atom. The maximum absolute atomic E-state index is 11.9. The Balaban J connectivity index is 2.18. The largest absolute Gasteiger partial charge is 0.383 e. The van der Waals surface area contributed by atoms with E-state index in [9.17, 15) is 9.59 Å². The Bertz CT molecular complexity index is 336. The van der Waals surface area contributed by atoms with E-state index in [-0.39, 0.29) is 17.9 Å². The molecule has 3 atom stereocenters. The summed E-state index contributed by atoms with van der Waals surface area (Å²) in [5, 5.41) is 5.44. The van der Waals surface area contributed by atoms with Gasteiger partial charge >= 0.3 is 0 Å². The van der Waals surface area contributed by atoms with Gasteiger partial charge in [0.15, 0.2) is 0 Å². The topological polar surface area (TPSA) is 93.5 Å². The fraction of sp³-hybridized carbons (Fsp3) is 0.867. The molecule has 2 amide bonds. The zero-order chi connectivity index (χ0) is 15.7. The summed E-state index contributed by atoms with van der Waals surface area (Å²) in [5.41, 5.74) is 5.95. The molecule has 1 saturated carbocycles. The molecule has 122 valence electrons. The van der Waals surface area contributed by atoms with Crippen LogP contribution in [0.3, 0.4) is 0 Å². The first kappa shape index (κ1) is 17.9. The highest BCUT2D eigenvalue weighted by Gasteiger charge is 2.21. The van der Waals surface area contributed by atoms with E-state index in [1.807, 2.05) is 0 Å². The maximum Gasteiger partial charge on any atom is 0.242 e. The van der Waals surface area contributed by atoms with E-state index in [0.29, 0.717) is 25.5 Å². The molecule has 4 N–H and O–H groups in total. The normalized spacial score (nSPS) is 23.4. The lowest BCUT2D eigenvalue weighted by molar-refractivity contribution is -0.128. The molecule has 0 saturated heterocycles. The van der Waals surface area contributed by atoms with Crippen molar-refractivity contribution in [1.29, 1.82) is 0 Å². The molecular weight excluding hydrogens is 270 g/mol. The molecule has 3 unspecified atom stereocenters. The molecule has 0 aromatic rings. The van der Waals surface area contributed by atoms with E-state index in [0.717, 1.165) is 32.1 Å². The molecule has 0 radical (unpaired) electrons. The Morgan fingerprint density at radius 3 is 2.81 bits per heavy atom. The van der Waals surface area contributed by atoms with Gasteiger partial charge in [-0.1, -0.05) is 12.8 Å². The first-order valence-electron chi connectivity index (χ1n) is 7.84. The van der Waals surface area contributed by atoms with Crippen molar-refractivity contribution in [3.63, 3.8) is 0 Å². The zero-order valence-corrected chi connectivity index (χ0v) is 13.2. The van der Waals surface area contributed by atoms with Crippen LogP contribution in [0.1, 0.15) is 45.4 Å². The molecule has 0 aromatic heterocycles. The Kier molecular flexibility index (Phi) is 8.30. The van der Waals surface area contributed by atoms with Gasteiger partial charge in [-0.3, -0.25) is 9.59 Å². The second-order valence-electron chi connectivity index (χ2n) is 5.90. The quantitative estimate of drug-likeness (QED) is 0.571. The summed E-state index contributed by atoms with van der Waals surface area (Å²) >= 11 is 0. The molecule has 21 heavy (non-hydrogen) atoms. The van der Waals surface area contributed by atoms with Gasteiger partial charge in [0.2, 0.25) is 11.8 Å². The molecule has 1 aliphatic carbocycles. The summed E-state index contributed by atoms with van der Waals surface area (Å²) in [6.07, 6.45) is 5.76. The lowest BCUT2D eigenvalue weighted by Gasteiger charge is -2.26. The number of rotatable bonds is 8. The highest BCUT2D eigenvalue weighted by Crippen LogP contribution is 2.26. The number of nitrogens with two attached hydrogens (primary N) is 1. The molecule has 1 aliphatic rings. The minimum atomic E-state index is -0.511. The summed E-state index contributed by atoms with van der Waals surface area (Å²) < 4.78 is 4.86. The molecule has 0 heterocycles. The number of carbonyl (C=O) groups is 2. The van der Waals surface area contributed by atoms with Gasteiger partial charge in [-0.15, -0.1) is 0 Å². The molecule has 6 nitrogen and oxygen atoms in total. The van der Waals surface area contributed by atoms with Crippen LogP contribution < -0.4 is 16.4 Å². The van der Waals surface area contributed by atoms with Gasteiger partial charge < -0.3 is 21.1 Å². The molecule has 0 aromatic carbocycles. The van der Waals surface area contributed by atoms with Crippen molar-refractivity contribution in [1.82, 2.24) is 10.6 Å². The third-order valence-corrected chi connectivity index (χ3v) is 3.98. The van der Waals surface area contributed by atoms with Crippen molar-refractivity contribution >= 4 is 11.8 Å². The SMILES string of the molecule is COCCNC(=O)C(C)NC(=O)CCC1CCCC(N)C1. The van der Waals surface area contributed by atoms with Crippen LogP contribution in [-0.4, -0.2) is 44.2 Å². The average Bonchev–Trinajstić information content (AvgIpc) is 2.45. The van der Waals surface area contributed by atoms with E-state index < -0.39 is 6.04 Å². The van der Waals surface area contributed by atoms with E-state index >= 15 is 0 Å². The van der Waals surface area contributed by atoms with Crippen LogP contribution in [0, 0.1) is 5.92 Å². The predicted octanol–water partition coefficient (Wildman–Crippen LogP) is 0.551. The highest BCUT2D eigenvalue weighted by molar-refractivity contribution is 5.87. The van der Waals surface area contributed by atoms with Crippen LogP contribution in [0.4, 0.5) is 0 Å². The highest BCUT2D eigenvalue weighted by atomic mass is 16.5. The van der Waals surface area contributed by atoms with Crippen LogP contribution in [0.25, 0.3) is 0 Å². The number of methoxy groups -OCH3 is 1. The summed E-state index contributed by atoms with van der Waals surface area (Å²) in [5.74, 6) is 0.300. The van der Waals surface area contributed by atoms with Crippen molar-refractivity contribution in [2.45, 2.75) is 57.5 Å². The summed E-state index contributed by atoms with van der Waals surface area (Å²) in [4.78, 5) is 23.6. The first-order chi connectivity index (χ1) is 10.0. The summed E-state index contributed by atoms with van der Waals surface area (Å²) in [7, 11) is 1.58. The smallest absolute Gasteiger partial charge is 0.242 e.